The third-order valence-corrected chi connectivity index (χ3v) is 2.48. The molecule has 0 radical (unpaired) electrons. The molecule has 1 fully saturated rings. The molecule has 0 aromatic heterocycles. The van der Waals surface area contributed by atoms with Crippen molar-refractivity contribution in [2.45, 2.75) is 6.42 Å². The fourth-order valence-corrected chi connectivity index (χ4v) is 1.67. The van der Waals surface area contributed by atoms with Gasteiger partial charge in [-0.3, -0.25) is 14.4 Å². The van der Waals surface area contributed by atoms with Gasteiger partial charge in [-0.05, 0) is 12.1 Å². The molecule has 0 N–H and O–H groups in total. The third kappa shape index (κ3) is 2.53. The van der Waals surface area contributed by atoms with E-state index in [1.165, 1.54) is 6.08 Å². The Labute approximate surface area is 109 Å². The van der Waals surface area contributed by atoms with E-state index in [2.05, 4.69) is 6.58 Å². The van der Waals surface area contributed by atoms with Crippen LogP contribution in [0.4, 0.5) is 10.5 Å². The first-order valence-corrected chi connectivity index (χ1v) is 5.64. The smallest absolute Gasteiger partial charge is 0.273 e. The second-order valence-corrected chi connectivity index (χ2v) is 3.80. The number of nitrogens with zero attached hydrogens (tertiary/aromatic N) is 2. The van der Waals surface area contributed by atoms with Gasteiger partial charge in [-0.15, -0.1) is 11.6 Å². The van der Waals surface area contributed by atoms with Crippen molar-refractivity contribution in [2.24, 2.45) is 0 Å². The first kappa shape index (κ1) is 13.0. The molecule has 1 aliphatic rings. The lowest BCUT2D eigenvalue weighted by Crippen LogP contribution is -2.55. The normalized spacial score (nSPS) is 15.9. The van der Waals surface area contributed by atoms with E-state index in [0.717, 1.165) is 4.90 Å². The van der Waals surface area contributed by atoms with Gasteiger partial charge in [-0.25, -0.2) is 9.69 Å². The minimum atomic E-state index is -0.811. The SMILES string of the molecule is C=CCON1C(=O)CC(=O)N(c2ccccc2)C1=O. The zero-order valence-electron chi connectivity index (χ0n) is 10.1. The summed E-state index contributed by atoms with van der Waals surface area (Å²) < 4.78 is 0. The predicted molar refractivity (Wildman–Crippen MR) is 66.9 cm³/mol. The quantitative estimate of drug-likeness (QED) is 0.607. The minimum Gasteiger partial charge on any atom is -0.273 e. The maximum Gasteiger partial charge on any atom is 0.362 e. The molecule has 1 aromatic carbocycles. The van der Waals surface area contributed by atoms with Crippen molar-refractivity contribution in [3.63, 3.8) is 0 Å². The van der Waals surface area contributed by atoms with Gasteiger partial charge in [0.05, 0.1) is 12.3 Å². The molecule has 1 saturated heterocycles. The molecule has 0 aliphatic carbocycles. The molecule has 19 heavy (non-hydrogen) atoms. The van der Waals surface area contributed by atoms with Gasteiger partial charge < -0.3 is 0 Å². The first-order chi connectivity index (χ1) is 9.15. The van der Waals surface area contributed by atoms with Crippen LogP contribution in [0.3, 0.4) is 0 Å². The van der Waals surface area contributed by atoms with Gasteiger partial charge in [0, 0.05) is 0 Å². The zero-order valence-corrected chi connectivity index (χ0v) is 10.1. The Morgan fingerprint density at radius 1 is 1.16 bits per heavy atom. The van der Waals surface area contributed by atoms with Crippen LogP contribution in [0.25, 0.3) is 0 Å². The van der Waals surface area contributed by atoms with Gasteiger partial charge >= 0.3 is 6.03 Å². The number of imide groups is 2. The molecule has 1 aromatic rings. The third-order valence-electron chi connectivity index (χ3n) is 2.48. The van der Waals surface area contributed by atoms with Gasteiger partial charge in [-0.2, -0.15) is 0 Å². The van der Waals surface area contributed by atoms with Crippen LogP contribution in [0.5, 0.6) is 0 Å². The van der Waals surface area contributed by atoms with Crippen LogP contribution in [0.15, 0.2) is 43.0 Å². The van der Waals surface area contributed by atoms with Gasteiger partial charge in [0.15, 0.2) is 0 Å². The number of para-hydroxylation sites is 1. The molecular formula is C13H12N2O4. The summed E-state index contributed by atoms with van der Waals surface area (Å²) in [6.45, 7) is 3.44. The molecule has 0 unspecified atom stereocenters. The molecule has 2 rings (SSSR count). The van der Waals surface area contributed by atoms with Crippen LogP contribution < -0.4 is 4.90 Å². The van der Waals surface area contributed by atoms with E-state index in [1.807, 2.05) is 0 Å². The minimum absolute atomic E-state index is 0.00823. The number of anilines is 1. The Bertz CT molecular complexity index is 527. The lowest BCUT2D eigenvalue weighted by molar-refractivity contribution is -0.168. The van der Waals surface area contributed by atoms with Crippen molar-refractivity contribution in [3.05, 3.63) is 43.0 Å². The molecule has 0 atom stereocenters. The monoisotopic (exact) mass is 260 g/mol. The Kier molecular flexibility index (Phi) is 3.72. The van der Waals surface area contributed by atoms with Crippen molar-refractivity contribution in [1.29, 1.82) is 0 Å². The highest BCUT2D eigenvalue weighted by Gasteiger charge is 2.39. The number of barbiturate groups is 1. The number of benzene rings is 1. The van der Waals surface area contributed by atoms with Crippen molar-refractivity contribution in [2.75, 3.05) is 11.5 Å². The van der Waals surface area contributed by atoms with E-state index in [-0.39, 0.29) is 6.61 Å². The summed E-state index contributed by atoms with van der Waals surface area (Å²) in [4.78, 5) is 41.4. The number of urea groups is 1. The standard InChI is InChI=1S/C13H12N2O4/c1-2-8-19-15-12(17)9-11(16)14(13(15)18)10-6-4-3-5-7-10/h2-7H,1,8-9H2. The number of hydrogen-bond acceptors (Lipinski definition) is 4. The maximum absolute atomic E-state index is 12.1. The highest BCUT2D eigenvalue weighted by atomic mass is 16.7. The van der Waals surface area contributed by atoms with E-state index in [4.69, 9.17) is 4.84 Å². The van der Waals surface area contributed by atoms with Crippen LogP contribution in [0, 0.1) is 0 Å². The average molecular weight is 260 g/mol. The van der Waals surface area contributed by atoms with Gasteiger partial charge in [0.25, 0.3) is 5.91 Å². The molecule has 6 heteroatoms. The molecule has 98 valence electrons. The van der Waals surface area contributed by atoms with Gasteiger partial charge in [0.1, 0.15) is 6.42 Å². The second kappa shape index (κ2) is 5.45. The van der Waals surface area contributed by atoms with E-state index < -0.39 is 24.3 Å². The van der Waals surface area contributed by atoms with Crippen LogP contribution in [-0.4, -0.2) is 29.5 Å². The fourth-order valence-electron chi connectivity index (χ4n) is 1.67. The van der Waals surface area contributed by atoms with Gasteiger partial charge in [0.2, 0.25) is 5.91 Å². The van der Waals surface area contributed by atoms with Crippen LogP contribution in [0.2, 0.25) is 0 Å². The predicted octanol–water partition coefficient (Wildman–Crippen LogP) is 1.49. The Balaban J connectivity index is 2.28. The van der Waals surface area contributed by atoms with Crippen molar-refractivity contribution < 1.29 is 19.2 Å². The average Bonchev–Trinajstić information content (AvgIpc) is 2.39. The highest BCUT2D eigenvalue weighted by molar-refractivity contribution is 6.25. The number of hydrogen-bond donors (Lipinski definition) is 0. The number of amides is 4. The molecule has 0 spiro atoms. The molecule has 0 bridgehead atoms. The number of carbonyl (C=O) groups excluding carboxylic acids is 3. The molecule has 6 nitrogen and oxygen atoms in total. The topological polar surface area (TPSA) is 66.9 Å². The fraction of sp³-hybridized carbons (Fsp3) is 0.154. The first-order valence-electron chi connectivity index (χ1n) is 5.64. The zero-order chi connectivity index (χ0) is 13.8. The lowest BCUT2D eigenvalue weighted by atomic mass is 10.2. The van der Waals surface area contributed by atoms with Crippen molar-refractivity contribution in [1.82, 2.24) is 5.06 Å². The van der Waals surface area contributed by atoms with E-state index >= 15 is 0 Å². The number of rotatable bonds is 4. The van der Waals surface area contributed by atoms with Crippen molar-refractivity contribution >= 4 is 23.5 Å². The Morgan fingerprint density at radius 3 is 2.47 bits per heavy atom. The largest absolute Gasteiger partial charge is 0.362 e. The summed E-state index contributed by atoms with van der Waals surface area (Å²) in [5, 5.41) is 0.593. The maximum atomic E-state index is 12.1. The van der Waals surface area contributed by atoms with Crippen LogP contribution in [-0.2, 0) is 14.4 Å². The highest BCUT2D eigenvalue weighted by Crippen LogP contribution is 2.21. The summed E-state index contributed by atoms with van der Waals surface area (Å²) in [7, 11) is 0. The van der Waals surface area contributed by atoms with Crippen LogP contribution >= 0.6 is 0 Å². The van der Waals surface area contributed by atoms with E-state index in [1.54, 1.807) is 30.3 Å². The van der Waals surface area contributed by atoms with Crippen molar-refractivity contribution in [3.8, 4) is 0 Å². The lowest BCUT2D eigenvalue weighted by Gasteiger charge is -2.31. The summed E-state index contributed by atoms with van der Waals surface area (Å²) in [6, 6.07) is 7.56. The molecule has 1 heterocycles. The molecular weight excluding hydrogens is 248 g/mol. The Hall–Kier alpha value is -2.47. The molecule has 0 saturated carbocycles. The molecule has 1 aliphatic heterocycles. The molecule has 4 amide bonds. The summed E-state index contributed by atoms with van der Waals surface area (Å²) in [5.74, 6) is -1.25. The van der Waals surface area contributed by atoms with Crippen LogP contribution in [0.1, 0.15) is 6.42 Å². The van der Waals surface area contributed by atoms with E-state index in [9.17, 15) is 14.4 Å². The number of hydroxylamine groups is 2. The van der Waals surface area contributed by atoms with Gasteiger partial charge in [-0.1, -0.05) is 24.3 Å². The second-order valence-electron chi connectivity index (χ2n) is 3.80. The summed E-state index contributed by atoms with van der Waals surface area (Å²) in [6.07, 6.45) is 1.00. The Morgan fingerprint density at radius 2 is 1.84 bits per heavy atom. The summed E-state index contributed by atoms with van der Waals surface area (Å²) >= 11 is 0. The summed E-state index contributed by atoms with van der Waals surface area (Å²) in [5.41, 5.74) is 0.400. The number of carbonyl (C=O) groups is 3. The van der Waals surface area contributed by atoms with E-state index in [0.29, 0.717) is 10.8 Å².